The SMILES string of the molecule is O=C(O)COc1c(O)cccc1O. The fourth-order valence-corrected chi connectivity index (χ4v) is 0.795. The van der Waals surface area contributed by atoms with E-state index in [1.807, 2.05) is 0 Å². The number of phenols is 2. The van der Waals surface area contributed by atoms with Crippen LogP contribution in [0.1, 0.15) is 0 Å². The second-order valence-electron chi connectivity index (χ2n) is 2.31. The number of aliphatic carboxylic acids is 1. The molecule has 0 unspecified atom stereocenters. The maximum Gasteiger partial charge on any atom is 0.341 e. The number of aromatic hydroxyl groups is 2. The molecular weight excluding hydrogens is 176 g/mol. The largest absolute Gasteiger partial charge is 0.504 e. The molecule has 0 amide bonds. The third kappa shape index (κ3) is 2.26. The summed E-state index contributed by atoms with van der Waals surface area (Å²) >= 11 is 0. The summed E-state index contributed by atoms with van der Waals surface area (Å²) < 4.78 is 4.63. The molecule has 5 nitrogen and oxygen atoms in total. The topological polar surface area (TPSA) is 87.0 Å². The third-order valence-electron chi connectivity index (χ3n) is 1.31. The van der Waals surface area contributed by atoms with Gasteiger partial charge in [-0.3, -0.25) is 0 Å². The minimum Gasteiger partial charge on any atom is -0.504 e. The van der Waals surface area contributed by atoms with Crippen LogP contribution in [0, 0.1) is 0 Å². The molecule has 70 valence electrons. The molecule has 0 saturated heterocycles. The molecule has 0 aliphatic carbocycles. The molecule has 0 atom stereocenters. The van der Waals surface area contributed by atoms with Gasteiger partial charge < -0.3 is 20.1 Å². The maximum absolute atomic E-state index is 10.1. The van der Waals surface area contributed by atoms with E-state index in [4.69, 9.17) is 15.3 Å². The van der Waals surface area contributed by atoms with Crippen molar-refractivity contribution in [2.24, 2.45) is 0 Å². The van der Waals surface area contributed by atoms with Crippen LogP contribution in [0.5, 0.6) is 17.2 Å². The number of carboxylic acid groups (broad SMARTS) is 1. The van der Waals surface area contributed by atoms with Crippen LogP contribution in [-0.2, 0) is 4.79 Å². The number of ether oxygens (including phenoxy) is 1. The summed E-state index contributed by atoms with van der Waals surface area (Å²) in [4.78, 5) is 10.1. The molecule has 13 heavy (non-hydrogen) atoms. The molecule has 0 bridgehead atoms. The number of para-hydroxylation sites is 1. The molecule has 1 aromatic carbocycles. The highest BCUT2D eigenvalue weighted by molar-refractivity contribution is 5.69. The number of phenolic OH excluding ortho intramolecular Hbond substituents is 2. The normalized spacial score (nSPS) is 9.54. The summed E-state index contributed by atoms with van der Waals surface area (Å²) in [5.41, 5.74) is 0. The molecule has 5 heteroatoms. The van der Waals surface area contributed by atoms with Gasteiger partial charge in [-0.2, -0.15) is 0 Å². The lowest BCUT2D eigenvalue weighted by Crippen LogP contribution is -2.09. The van der Waals surface area contributed by atoms with Crippen molar-refractivity contribution < 1.29 is 24.9 Å². The van der Waals surface area contributed by atoms with Crippen molar-refractivity contribution in [3.8, 4) is 17.2 Å². The van der Waals surface area contributed by atoms with Gasteiger partial charge in [0.15, 0.2) is 18.1 Å². The van der Waals surface area contributed by atoms with Crippen molar-refractivity contribution in [1.29, 1.82) is 0 Å². The molecular formula is C8H8O5. The number of benzene rings is 1. The van der Waals surface area contributed by atoms with E-state index in [1.165, 1.54) is 18.2 Å². The van der Waals surface area contributed by atoms with Crippen molar-refractivity contribution in [3.05, 3.63) is 18.2 Å². The molecule has 0 aromatic heterocycles. The van der Waals surface area contributed by atoms with Gasteiger partial charge in [0.25, 0.3) is 0 Å². The highest BCUT2D eigenvalue weighted by Crippen LogP contribution is 2.34. The average molecular weight is 184 g/mol. The van der Waals surface area contributed by atoms with E-state index < -0.39 is 12.6 Å². The van der Waals surface area contributed by atoms with Crippen LogP contribution in [-0.4, -0.2) is 27.9 Å². The standard InChI is InChI=1S/C8H8O5/c9-5-2-1-3-6(10)8(5)13-4-7(11)12/h1-3,9-10H,4H2,(H,11,12). The van der Waals surface area contributed by atoms with Crippen LogP contribution in [0.15, 0.2) is 18.2 Å². The van der Waals surface area contributed by atoms with Gasteiger partial charge >= 0.3 is 5.97 Å². The van der Waals surface area contributed by atoms with Gasteiger partial charge in [0, 0.05) is 0 Å². The minimum absolute atomic E-state index is 0.218. The first kappa shape index (κ1) is 9.18. The Bertz CT molecular complexity index is 300. The van der Waals surface area contributed by atoms with Gasteiger partial charge in [-0.1, -0.05) is 6.07 Å². The molecule has 0 aliphatic heterocycles. The monoisotopic (exact) mass is 184 g/mol. The van der Waals surface area contributed by atoms with Crippen molar-refractivity contribution >= 4 is 5.97 Å². The summed E-state index contributed by atoms with van der Waals surface area (Å²) in [7, 11) is 0. The quantitative estimate of drug-likeness (QED) is 0.638. The van der Waals surface area contributed by atoms with Gasteiger partial charge in [0.2, 0.25) is 5.75 Å². The summed E-state index contributed by atoms with van der Waals surface area (Å²) in [6.07, 6.45) is 0. The zero-order chi connectivity index (χ0) is 9.84. The molecule has 0 fully saturated rings. The average Bonchev–Trinajstić information content (AvgIpc) is 2.03. The van der Waals surface area contributed by atoms with E-state index in [-0.39, 0.29) is 17.2 Å². The predicted molar refractivity (Wildman–Crippen MR) is 42.9 cm³/mol. The Labute approximate surface area is 73.8 Å². The molecule has 1 aromatic rings. The van der Waals surface area contributed by atoms with Crippen LogP contribution in [0.25, 0.3) is 0 Å². The van der Waals surface area contributed by atoms with E-state index in [9.17, 15) is 4.79 Å². The van der Waals surface area contributed by atoms with Crippen LogP contribution < -0.4 is 4.74 Å². The Hall–Kier alpha value is -1.91. The van der Waals surface area contributed by atoms with E-state index in [0.29, 0.717) is 0 Å². The Morgan fingerprint density at radius 1 is 1.31 bits per heavy atom. The first-order valence-corrected chi connectivity index (χ1v) is 3.47. The number of carbonyl (C=O) groups is 1. The van der Waals surface area contributed by atoms with Crippen molar-refractivity contribution in [1.82, 2.24) is 0 Å². The fourth-order valence-electron chi connectivity index (χ4n) is 0.795. The third-order valence-corrected chi connectivity index (χ3v) is 1.31. The fraction of sp³-hybridized carbons (Fsp3) is 0.125. The number of carboxylic acids is 1. The van der Waals surface area contributed by atoms with Gasteiger partial charge in [0.05, 0.1) is 0 Å². The summed E-state index contributed by atoms with van der Waals surface area (Å²) in [5.74, 6) is -1.98. The second kappa shape index (κ2) is 3.66. The first-order chi connectivity index (χ1) is 6.11. The van der Waals surface area contributed by atoms with E-state index in [0.717, 1.165) is 0 Å². The molecule has 1 rings (SSSR count). The van der Waals surface area contributed by atoms with Crippen molar-refractivity contribution in [3.63, 3.8) is 0 Å². The highest BCUT2D eigenvalue weighted by atomic mass is 16.5. The summed E-state index contributed by atoms with van der Waals surface area (Å²) in [5, 5.41) is 26.5. The van der Waals surface area contributed by atoms with Gasteiger partial charge in [0.1, 0.15) is 0 Å². The van der Waals surface area contributed by atoms with Gasteiger partial charge in [-0.25, -0.2) is 4.79 Å². The molecule has 0 heterocycles. The molecule has 0 aliphatic rings. The summed E-state index contributed by atoms with van der Waals surface area (Å²) in [6, 6.07) is 3.99. The zero-order valence-corrected chi connectivity index (χ0v) is 6.60. The molecule has 3 N–H and O–H groups in total. The maximum atomic E-state index is 10.1. The lowest BCUT2D eigenvalue weighted by atomic mass is 10.3. The Morgan fingerprint density at radius 2 is 1.85 bits per heavy atom. The number of rotatable bonds is 3. The predicted octanol–water partition coefficient (Wildman–Crippen LogP) is 0.561. The van der Waals surface area contributed by atoms with Crippen molar-refractivity contribution in [2.75, 3.05) is 6.61 Å². The highest BCUT2D eigenvalue weighted by Gasteiger charge is 2.09. The Balaban J connectivity index is 2.81. The van der Waals surface area contributed by atoms with Crippen LogP contribution in [0.3, 0.4) is 0 Å². The van der Waals surface area contributed by atoms with Crippen LogP contribution >= 0.6 is 0 Å². The van der Waals surface area contributed by atoms with Crippen LogP contribution in [0.4, 0.5) is 0 Å². The molecule has 0 radical (unpaired) electrons. The minimum atomic E-state index is -1.18. The van der Waals surface area contributed by atoms with E-state index in [1.54, 1.807) is 0 Å². The van der Waals surface area contributed by atoms with E-state index >= 15 is 0 Å². The lowest BCUT2D eigenvalue weighted by Gasteiger charge is -2.06. The Kier molecular flexibility index (Phi) is 2.59. The first-order valence-electron chi connectivity index (χ1n) is 3.47. The van der Waals surface area contributed by atoms with E-state index in [2.05, 4.69) is 4.74 Å². The number of hydrogen-bond donors (Lipinski definition) is 3. The number of hydrogen-bond acceptors (Lipinski definition) is 4. The van der Waals surface area contributed by atoms with Crippen LogP contribution in [0.2, 0.25) is 0 Å². The summed E-state index contributed by atoms with van der Waals surface area (Å²) in [6.45, 7) is -0.606. The van der Waals surface area contributed by atoms with Crippen molar-refractivity contribution in [2.45, 2.75) is 0 Å². The van der Waals surface area contributed by atoms with Gasteiger partial charge in [-0.05, 0) is 12.1 Å². The smallest absolute Gasteiger partial charge is 0.341 e. The zero-order valence-electron chi connectivity index (χ0n) is 6.60. The molecule has 0 spiro atoms. The lowest BCUT2D eigenvalue weighted by molar-refractivity contribution is -0.139. The Morgan fingerprint density at radius 3 is 2.31 bits per heavy atom. The molecule has 0 saturated carbocycles. The van der Waals surface area contributed by atoms with Gasteiger partial charge in [-0.15, -0.1) is 0 Å². The second-order valence-corrected chi connectivity index (χ2v) is 2.31.